The van der Waals surface area contributed by atoms with E-state index in [1.807, 2.05) is 18.3 Å². The van der Waals surface area contributed by atoms with Crippen LogP contribution in [0, 0.1) is 11.2 Å². The first-order chi connectivity index (χ1) is 21.6. The molecule has 0 spiro atoms. The van der Waals surface area contributed by atoms with Crippen molar-refractivity contribution in [1.29, 1.82) is 0 Å². The molecule has 2 fully saturated rings. The van der Waals surface area contributed by atoms with Crippen molar-refractivity contribution in [2.75, 3.05) is 26.3 Å². The largest absolute Gasteiger partial charge is 0.490 e. The van der Waals surface area contributed by atoms with E-state index in [0.29, 0.717) is 6.61 Å². The molecule has 2 aliphatic heterocycles. The van der Waals surface area contributed by atoms with Crippen LogP contribution in [0.4, 0.5) is 43.9 Å². The molecule has 4 heterocycles. The van der Waals surface area contributed by atoms with E-state index in [0.717, 1.165) is 51.2 Å². The number of carbonyl (C=O) groups is 3. The lowest BCUT2D eigenvalue weighted by Gasteiger charge is -2.50. The van der Waals surface area contributed by atoms with Crippen LogP contribution in [0.2, 0.25) is 0 Å². The molecule has 2 aliphatic rings. The lowest BCUT2D eigenvalue weighted by molar-refractivity contribution is -0.193. The average molecular weight is 699 g/mol. The number of pyridine rings is 2. The molecule has 2 aromatic heterocycles. The molecule has 47 heavy (non-hydrogen) atoms. The Kier molecular flexibility index (Phi) is 15.3. The van der Waals surface area contributed by atoms with Crippen molar-refractivity contribution >= 4 is 17.9 Å². The number of likely N-dealkylation sites (tertiary alicyclic amines) is 1. The van der Waals surface area contributed by atoms with Crippen LogP contribution in [-0.4, -0.2) is 99.0 Å². The maximum atomic E-state index is 13.9. The zero-order valence-corrected chi connectivity index (χ0v) is 23.8. The SMILES string of the molecule is Fc1cccnc1OCC12CCCOC1CCN(Cc1ccccn1)C2.O=C(O)C(F)(F)F.O=C(O)C(F)(F)F.O=C(O)C(F)(F)F. The second kappa shape index (κ2) is 17.6. The van der Waals surface area contributed by atoms with Crippen LogP contribution in [0.25, 0.3) is 0 Å². The van der Waals surface area contributed by atoms with E-state index in [4.69, 9.17) is 39.2 Å². The number of ether oxygens (including phenoxy) is 2. The van der Waals surface area contributed by atoms with Crippen molar-refractivity contribution in [2.24, 2.45) is 5.41 Å². The van der Waals surface area contributed by atoms with Gasteiger partial charge in [0.1, 0.15) is 0 Å². The Hall–Kier alpha value is -4.27. The van der Waals surface area contributed by atoms with Gasteiger partial charge in [-0.05, 0) is 43.5 Å². The molecule has 0 bridgehead atoms. The molecular weight excluding hydrogens is 672 g/mol. The summed E-state index contributed by atoms with van der Waals surface area (Å²) in [5.74, 6) is -8.61. The third kappa shape index (κ3) is 14.8. The molecule has 0 radical (unpaired) electrons. The number of fused-ring (bicyclic) bond motifs is 1. The van der Waals surface area contributed by atoms with E-state index < -0.39 is 42.3 Å². The second-order valence-corrected chi connectivity index (χ2v) is 9.63. The van der Waals surface area contributed by atoms with E-state index in [2.05, 4.69) is 20.9 Å². The summed E-state index contributed by atoms with van der Waals surface area (Å²) in [6.07, 6.45) is -8.73. The highest BCUT2D eigenvalue weighted by Gasteiger charge is 2.47. The molecule has 264 valence electrons. The quantitative estimate of drug-likeness (QED) is 0.362. The fourth-order valence-corrected chi connectivity index (χ4v) is 4.14. The van der Waals surface area contributed by atoms with Crippen LogP contribution >= 0.6 is 0 Å². The molecule has 2 aromatic rings. The van der Waals surface area contributed by atoms with Gasteiger partial charge in [-0.1, -0.05) is 6.07 Å². The monoisotopic (exact) mass is 699 g/mol. The first-order valence-electron chi connectivity index (χ1n) is 13.0. The van der Waals surface area contributed by atoms with Crippen LogP contribution in [-0.2, 0) is 25.7 Å². The predicted octanol–water partition coefficient (Wildman–Crippen LogP) is 4.97. The number of alkyl halides is 9. The third-order valence-corrected chi connectivity index (χ3v) is 6.13. The van der Waals surface area contributed by atoms with Gasteiger partial charge < -0.3 is 24.8 Å². The molecule has 0 aliphatic carbocycles. The van der Waals surface area contributed by atoms with Gasteiger partial charge >= 0.3 is 36.4 Å². The molecule has 0 amide bonds. The van der Waals surface area contributed by atoms with Crippen molar-refractivity contribution in [2.45, 2.75) is 50.4 Å². The molecule has 21 heteroatoms. The van der Waals surface area contributed by atoms with Gasteiger partial charge in [-0.15, -0.1) is 0 Å². The van der Waals surface area contributed by atoms with Gasteiger partial charge in [0.25, 0.3) is 0 Å². The van der Waals surface area contributed by atoms with Crippen LogP contribution in [0.5, 0.6) is 5.88 Å². The van der Waals surface area contributed by atoms with Gasteiger partial charge in [0, 0.05) is 44.0 Å². The summed E-state index contributed by atoms with van der Waals surface area (Å²) in [5, 5.41) is 21.4. The number of nitrogens with zero attached hydrogens (tertiary/aromatic N) is 3. The minimum atomic E-state index is -5.08. The first kappa shape index (κ1) is 40.8. The van der Waals surface area contributed by atoms with E-state index in [-0.39, 0.29) is 17.4 Å². The van der Waals surface area contributed by atoms with E-state index in [1.165, 1.54) is 6.07 Å². The number of aliphatic carboxylic acids is 3. The number of carboxylic acids is 3. The van der Waals surface area contributed by atoms with Crippen molar-refractivity contribution in [1.82, 2.24) is 14.9 Å². The van der Waals surface area contributed by atoms with Crippen molar-refractivity contribution in [3.05, 3.63) is 54.2 Å². The molecular formula is C26H27F10N3O8. The smallest absolute Gasteiger partial charge is 0.475 e. The van der Waals surface area contributed by atoms with E-state index >= 15 is 0 Å². The Morgan fingerprint density at radius 3 is 1.87 bits per heavy atom. The predicted molar refractivity (Wildman–Crippen MR) is 136 cm³/mol. The van der Waals surface area contributed by atoms with Crippen molar-refractivity contribution < 1.29 is 83.1 Å². The van der Waals surface area contributed by atoms with Crippen LogP contribution in [0.15, 0.2) is 42.7 Å². The summed E-state index contributed by atoms with van der Waals surface area (Å²) >= 11 is 0. The summed E-state index contributed by atoms with van der Waals surface area (Å²) < 4.78 is 121. The number of halogens is 10. The Balaban J connectivity index is 0.000000430. The second-order valence-electron chi connectivity index (χ2n) is 9.63. The van der Waals surface area contributed by atoms with Crippen molar-refractivity contribution in [3.8, 4) is 5.88 Å². The highest BCUT2D eigenvalue weighted by Crippen LogP contribution is 2.41. The summed E-state index contributed by atoms with van der Waals surface area (Å²) in [6.45, 7) is 3.87. The van der Waals surface area contributed by atoms with Gasteiger partial charge in [-0.25, -0.2) is 23.8 Å². The number of carboxylic acid groups (broad SMARTS) is 3. The number of piperidine rings is 1. The summed E-state index contributed by atoms with van der Waals surface area (Å²) in [4.78, 5) is 37.6. The Morgan fingerprint density at radius 2 is 1.40 bits per heavy atom. The van der Waals surface area contributed by atoms with Gasteiger partial charge in [-0.2, -0.15) is 39.5 Å². The molecule has 2 atom stereocenters. The molecule has 4 rings (SSSR count). The normalized spacial score (nSPS) is 19.6. The molecule has 0 aromatic carbocycles. The highest BCUT2D eigenvalue weighted by molar-refractivity contribution is 5.73. The minimum Gasteiger partial charge on any atom is -0.475 e. The zero-order valence-electron chi connectivity index (χ0n) is 23.8. The fraction of sp³-hybridized carbons (Fsp3) is 0.500. The van der Waals surface area contributed by atoms with Crippen molar-refractivity contribution in [3.63, 3.8) is 0 Å². The molecule has 3 N–H and O–H groups in total. The zero-order chi connectivity index (χ0) is 36.1. The van der Waals surface area contributed by atoms with Crippen LogP contribution in [0.3, 0.4) is 0 Å². The maximum Gasteiger partial charge on any atom is 0.490 e. The van der Waals surface area contributed by atoms with Gasteiger partial charge in [0.2, 0.25) is 5.88 Å². The van der Waals surface area contributed by atoms with Gasteiger partial charge in [0.15, 0.2) is 5.82 Å². The van der Waals surface area contributed by atoms with Crippen LogP contribution < -0.4 is 4.74 Å². The average Bonchev–Trinajstić information content (AvgIpc) is 2.97. The molecule has 0 saturated carbocycles. The summed E-state index contributed by atoms with van der Waals surface area (Å²) in [7, 11) is 0. The standard InChI is InChI=1S/C20H24FN3O2.3C2HF3O2/c21-17-6-3-10-23-19(17)26-15-20-8-4-12-25-18(20)7-11-24(14-20)13-16-5-1-2-9-22-16;3*3-2(4,5)1(6)7/h1-3,5-6,9-10,18H,4,7-8,11-15H2;3*(H,6,7). The topological polar surface area (TPSA) is 159 Å². The number of hydrogen-bond donors (Lipinski definition) is 3. The minimum absolute atomic E-state index is 0.0769. The third-order valence-electron chi connectivity index (χ3n) is 6.13. The highest BCUT2D eigenvalue weighted by atomic mass is 19.4. The van der Waals surface area contributed by atoms with E-state index in [1.54, 1.807) is 12.3 Å². The lowest BCUT2D eigenvalue weighted by Crippen LogP contribution is -2.57. The fourth-order valence-electron chi connectivity index (χ4n) is 4.14. The molecule has 11 nitrogen and oxygen atoms in total. The Labute approximate surface area is 258 Å². The number of hydrogen-bond acceptors (Lipinski definition) is 8. The molecule has 2 saturated heterocycles. The number of rotatable bonds is 5. The van der Waals surface area contributed by atoms with Gasteiger partial charge in [-0.3, -0.25) is 9.88 Å². The summed E-state index contributed by atoms with van der Waals surface area (Å²) in [6, 6.07) is 8.95. The first-order valence-corrected chi connectivity index (χ1v) is 13.0. The van der Waals surface area contributed by atoms with Gasteiger partial charge in [0.05, 0.1) is 18.4 Å². The Morgan fingerprint density at radius 1 is 0.872 bits per heavy atom. The summed E-state index contributed by atoms with van der Waals surface area (Å²) in [5.41, 5.74) is 0.935. The molecule has 2 unspecified atom stereocenters. The Bertz CT molecular complexity index is 1240. The van der Waals surface area contributed by atoms with E-state index in [9.17, 15) is 43.9 Å². The maximum absolute atomic E-state index is 13.9. The number of aromatic nitrogens is 2. The lowest BCUT2D eigenvalue weighted by atomic mass is 9.73. The van der Waals surface area contributed by atoms with Crippen LogP contribution in [0.1, 0.15) is 25.0 Å².